The SMILES string of the molecule is CC[C@H](C)[C@H](NC(=O)[C@@H]1CCCN1C(=O)[C@@H](NC(=O)CNC(=O)[C@@H]([NH3+])CS)[C@@H](C)O)C(=O)N[C@@H](CO)C(=O)N[C@@H](Cc1ccccc1)C(=O)N[C@@H](Cc1ccc(O)cc1)C(=O)N[C@@H](CS)C(=O)O. The molecule has 1 saturated heterocycles. The van der Waals surface area contributed by atoms with Crippen LogP contribution in [0.25, 0.3) is 0 Å². The number of aliphatic hydroxyl groups is 2. The second kappa shape index (κ2) is 27.8. The standard InChI is InChI=1S/C44H63N9O13S2/c1-4-23(2)35(52-41(62)33-11-8-16-53(33)43(64)36(24(3)55)51-34(57)19-46-37(58)28(45)21-67)42(63)49-31(20-54)40(61)48-29(17-25-9-6-5-7-10-25)38(59)47-30(18-26-12-14-27(56)15-13-26)39(60)50-32(22-68)44(65)66/h5-7,9-10,12-15,23-24,28-33,35-36,54-56,67-68H,4,8,11,16-22,45H2,1-3H3,(H,46,58)(H,47,59)(H,48,61)(H,49,63)(H,50,60)(H,51,57)(H,52,62)(H,65,66)/p+1/t23-,24+,28-,29-,30-,31-,32-,33-,35-,36-/m0/s1. The minimum absolute atomic E-state index is 0.0638. The lowest BCUT2D eigenvalue weighted by molar-refractivity contribution is -0.396. The highest BCUT2D eigenvalue weighted by molar-refractivity contribution is 7.80. The van der Waals surface area contributed by atoms with Gasteiger partial charge >= 0.3 is 5.97 Å². The number of benzene rings is 2. The maximum atomic E-state index is 14.1. The lowest BCUT2D eigenvalue weighted by Gasteiger charge is -2.32. The van der Waals surface area contributed by atoms with Gasteiger partial charge in [-0.15, -0.1) is 0 Å². The topological polar surface area (TPSA) is 350 Å². The van der Waals surface area contributed by atoms with E-state index in [9.17, 15) is 63.6 Å². The van der Waals surface area contributed by atoms with E-state index in [-0.39, 0.29) is 43.1 Å². The van der Waals surface area contributed by atoms with Gasteiger partial charge in [-0.25, -0.2) is 4.79 Å². The van der Waals surface area contributed by atoms with Crippen LogP contribution in [0.2, 0.25) is 0 Å². The van der Waals surface area contributed by atoms with E-state index >= 15 is 0 Å². The molecule has 1 aliphatic rings. The van der Waals surface area contributed by atoms with Crippen molar-refractivity contribution in [3.63, 3.8) is 0 Å². The summed E-state index contributed by atoms with van der Waals surface area (Å²) in [5, 5.41) is 57.6. The first-order valence-electron chi connectivity index (χ1n) is 22.0. The van der Waals surface area contributed by atoms with Crippen LogP contribution >= 0.6 is 25.3 Å². The average molecular weight is 991 g/mol. The molecule has 3 rings (SSSR count). The molecule has 1 heterocycles. The zero-order chi connectivity index (χ0) is 50.7. The zero-order valence-electron chi connectivity index (χ0n) is 38.1. The minimum atomic E-state index is -1.68. The maximum Gasteiger partial charge on any atom is 0.327 e. The molecule has 10 atom stereocenters. The van der Waals surface area contributed by atoms with Gasteiger partial charge in [-0.05, 0) is 48.9 Å². The molecule has 22 nitrogen and oxygen atoms in total. The van der Waals surface area contributed by atoms with Gasteiger partial charge in [0.1, 0.15) is 48.0 Å². The van der Waals surface area contributed by atoms with Crippen LogP contribution in [0.5, 0.6) is 5.75 Å². The lowest BCUT2D eigenvalue weighted by Crippen LogP contribution is -2.69. The summed E-state index contributed by atoms with van der Waals surface area (Å²) in [5.41, 5.74) is 4.66. The van der Waals surface area contributed by atoms with E-state index in [1.807, 2.05) is 0 Å². The number of aliphatic hydroxyl groups excluding tert-OH is 2. The third-order valence-corrected chi connectivity index (χ3v) is 12.1. The largest absolute Gasteiger partial charge is 0.508 e. The summed E-state index contributed by atoms with van der Waals surface area (Å²) in [5.74, 6) is -8.68. The van der Waals surface area contributed by atoms with Crippen molar-refractivity contribution in [1.82, 2.24) is 42.1 Å². The number of nitrogens with zero attached hydrogens (tertiary/aromatic N) is 1. The molecule has 0 aromatic heterocycles. The monoisotopic (exact) mass is 990 g/mol. The van der Waals surface area contributed by atoms with E-state index in [1.54, 1.807) is 44.2 Å². The van der Waals surface area contributed by atoms with Crippen LogP contribution in [0.15, 0.2) is 54.6 Å². The van der Waals surface area contributed by atoms with E-state index in [0.29, 0.717) is 24.0 Å². The van der Waals surface area contributed by atoms with Crippen molar-refractivity contribution >= 4 is 78.5 Å². The fourth-order valence-corrected chi connectivity index (χ4v) is 7.45. The van der Waals surface area contributed by atoms with Crippen LogP contribution in [0.3, 0.4) is 0 Å². The number of phenols is 1. The van der Waals surface area contributed by atoms with Crippen LogP contribution in [-0.4, -0.2) is 164 Å². The molecule has 24 heteroatoms. The third kappa shape index (κ3) is 17.0. The number of hydrogen-bond acceptors (Lipinski definition) is 14. The van der Waals surface area contributed by atoms with Crippen molar-refractivity contribution in [2.24, 2.45) is 5.92 Å². The molecular weight excluding hydrogens is 927 g/mol. The zero-order valence-corrected chi connectivity index (χ0v) is 39.8. The molecular formula is C44H64N9O13S2+. The Hall–Kier alpha value is -5.95. The van der Waals surface area contributed by atoms with E-state index in [1.165, 1.54) is 36.1 Å². The maximum absolute atomic E-state index is 14.1. The highest BCUT2D eigenvalue weighted by Crippen LogP contribution is 2.21. The van der Waals surface area contributed by atoms with Crippen LogP contribution in [0.4, 0.5) is 0 Å². The number of phenolic OH excluding ortho intramolecular Hbond substituents is 1. The predicted molar refractivity (Wildman–Crippen MR) is 252 cm³/mol. The number of carbonyl (C=O) groups excluding carboxylic acids is 8. The molecule has 1 fully saturated rings. The molecule has 2 aromatic rings. The molecule has 68 heavy (non-hydrogen) atoms. The van der Waals surface area contributed by atoms with Crippen molar-refractivity contribution in [3.05, 3.63) is 65.7 Å². The van der Waals surface area contributed by atoms with Crippen molar-refractivity contribution < 1.29 is 69.3 Å². The van der Waals surface area contributed by atoms with Crippen molar-refractivity contribution in [2.45, 2.75) is 107 Å². The first kappa shape index (κ1) is 56.4. The molecule has 0 radical (unpaired) electrons. The molecule has 0 unspecified atom stereocenters. The number of likely N-dealkylation sites (tertiary alicyclic amines) is 1. The van der Waals surface area contributed by atoms with Gasteiger partial charge in [0.05, 0.1) is 25.0 Å². The van der Waals surface area contributed by atoms with Gasteiger partial charge in [0, 0.05) is 25.1 Å². The molecule has 14 N–H and O–H groups in total. The van der Waals surface area contributed by atoms with Crippen LogP contribution in [0.1, 0.15) is 51.2 Å². The van der Waals surface area contributed by atoms with Gasteiger partial charge in [-0.3, -0.25) is 38.4 Å². The summed E-state index contributed by atoms with van der Waals surface area (Å²) in [7, 11) is 0. The third-order valence-electron chi connectivity index (χ3n) is 11.2. The number of carbonyl (C=O) groups is 9. The Balaban J connectivity index is 1.81. The average Bonchev–Trinajstić information content (AvgIpc) is 3.82. The van der Waals surface area contributed by atoms with Crippen LogP contribution < -0.4 is 43.0 Å². The Labute approximate surface area is 404 Å². The Morgan fingerprint density at radius 1 is 0.721 bits per heavy atom. The van der Waals surface area contributed by atoms with E-state index in [0.717, 1.165) is 0 Å². The fraction of sp³-hybridized carbons (Fsp3) is 0.523. The number of carboxylic acid groups (broad SMARTS) is 1. The van der Waals surface area contributed by atoms with Crippen molar-refractivity contribution in [3.8, 4) is 5.75 Å². The predicted octanol–water partition coefficient (Wildman–Crippen LogP) is -3.83. The number of aromatic hydroxyl groups is 1. The highest BCUT2D eigenvalue weighted by atomic mass is 32.1. The van der Waals surface area contributed by atoms with Gasteiger partial charge in [-0.2, -0.15) is 25.3 Å². The summed E-state index contributed by atoms with van der Waals surface area (Å²) < 4.78 is 0. The Bertz CT molecular complexity index is 2070. The summed E-state index contributed by atoms with van der Waals surface area (Å²) >= 11 is 8.00. The van der Waals surface area contributed by atoms with Gasteiger partial charge in [0.2, 0.25) is 41.4 Å². The molecule has 0 spiro atoms. The number of amides is 8. The number of hydrogen-bond donors (Lipinski definition) is 14. The Kier molecular flexibility index (Phi) is 23.0. The number of aliphatic carboxylic acids is 1. The molecule has 2 aromatic carbocycles. The second-order valence-electron chi connectivity index (χ2n) is 16.5. The quantitative estimate of drug-likeness (QED) is 0.0403. The van der Waals surface area contributed by atoms with E-state index in [4.69, 9.17) is 0 Å². The van der Waals surface area contributed by atoms with Crippen LogP contribution in [-0.2, 0) is 56.0 Å². The summed E-state index contributed by atoms with van der Waals surface area (Å²) in [6, 6.07) is 3.56. The second-order valence-corrected chi connectivity index (χ2v) is 17.2. The van der Waals surface area contributed by atoms with E-state index < -0.39 is 127 Å². The van der Waals surface area contributed by atoms with Crippen molar-refractivity contribution in [2.75, 3.05) is 31.2 Å². The van der Waals surface area contributed by atoms with Crippen LogP contribution in [0, 0.1) is 5.92 Å². The molecule has 0 saturated carbocycles. The first-order chi connectivity index (χ1) is 32.2. The number of quaternary nitrogens is 1. The Morgan fingerprint density at radius 2 is 1.26 bits per heavy atom. The van der Waals surface area contributed by atoms with Gasteiger partial charge < -0.3 is 68.3 Å². The van der Waals surface area contributed by atoms with Crippen molar-refractivity contribution in [1.29, 1.82) is 0 Å². The first-order valence-corrected chi connectivity index (χ1v) is 23.3. The lowest BCUT2D eigenvalue weighted by atomic mass is 9.97. The smallest absolute Gasteiger partial charge is 0.327 e. The highest BCUT2D eigenvalue weighted by Gasteiger charge is 2.41. The number of nitrogens with one attached hydrogen (secondary N) is 7. The molecule has 0 aliphatic carbocycles. The summed E-state index contributed by atoms with van der Waals surface area (Å²) in [4.78, 5) is 121. The number of rotatable bonds is 26. The summed E-state index contributed by atoms with van der Waals surface area (Å²) in [6.07, 6.45) is -0.850. The molecule has 1 aliphatic heterocycles. The fourth-order valence-electron chi connectivity index (χ4n) is 7.03. The minimum Gasteiger partial charge on any atom is -0.508 e. The van der Waals surface area contributed by atoms with Gasteiger partial charge in [0.25, 0.3) is 5.91 Å². The normalized spacial score (nSPS) is 17.3. The van der Waals surface area contributed by atoms with Gasteiger partial charge in [-0.1, -0.05) is 62.7 Å². The number of thiol groups is 2. The molecule has 374 valence electrons. The van der Waals surface area contributed by atoms with E-state index in [2.05, 4.69) is 68.2 Å². The number of carboxylic acids is 1. The Morgan fingerprint density at radius 3 is 1.78 bits per heavy atom. The molecule has 8 amide bonds. The van der Waals surface area contributed by atoms with Gasteiger partial charge in [0.15, 0.2) is 6.04 Å². The summed E-state index contributed by atoms with van der Waals surface area (Å²) in [6.45, 7) is 3.26. The molecule has 0 bridgehead atoms.